The van der Waals surface area contributed by atoms with Gasteiger partial charge in [0.1, 0.15) is 5.82 Å². The van der Waals surface area contributed by atoms with Crippen molar-refractivity contribution in [2.24, 2.45) is 0 Å². The molecule has 118 valence electrons. The molecule has 0 unspecified atom stereocenters. The maximum Gasteiger partial charge on any atom is 0.148 e. The van der Waals surface area contributed by atoms with Crippen LogP contribution in [-0.2, 0) is 16.9 Å². The summed E-state index contributed by atoms with van der Waals surface area (Å²) in [5, 5.41) is 3.40. The molecule has 0 saturated carbocycles. The summed E-state index contributed by atoms with van der Waals surface area (Å²) in [4.78, 5) is 12.0. The molecule has 1 fully saturated rings. The second-order valence-electron chi connectivity index (χ2n) is 6.49. The fraction of sp³-hybridized carbons (Fsp3) is 0.750. The van der Waals surface area contributed by atoms with Crippen LogP contribution in [0.15, 0.2) is 6.07 Å². The van der Waals surface area contributed by atoms with Gasteiger partial charge in [0, 0.05) is 39.0 Å². The van der Waals surface area contributed by atoms with Gasteiger partial charge in [-0.05, 0) is 25.8 Å². The third kappa shape index (κ3) is 3.78. The summed E-state index contributed by atoms with van der Waals surface area (Å²) in [7, 11) is 1.71. The van der Waals surface area contributed by atoms with Crippen molar-refractivity contribution in [2.75, 3.05) is 33.3 Å². The third-order valence-corrected chi connectivity index (χ3v) is 4.14. The topological polar surface area (TPSA) is 50.3 Å². The molecule has 0 amide bonds. The fourth-order valence-electron chi connectivity index (χ4n) is 2.68. The Morgan fingerprint density at radius 2 is 1.95 bits per heavy atom. The predicted octanol–water partition coefficient (Wildman–Crippen LogP) is 1.89. The Labute approximate surface area is 128 Å². The van der Waals surface area contributed by atoms with Crippen molar-refractivity contribution >= 4 is 0 Å². The number of nitrogens with one attached hydrogen (secondary N) is 1. The van der Waals surface area contributed by atoms with Crippen LogP contribution < -0.4 is 5.32 Å². The van der Waals surface area contributed by atoms with Crippen LogP contribution in [0.3, 0.4) is 0 Å². The Hall–Kier alpha value is -1.04. The zero-order valence-electron chi connectivity index (χ0n) is 13.9. The number of rotatable bonds is 5. The molecule has 5 heteroatoms. The molecule has 1 aliphatic rings. The van der Waals surface area contributed by atoms with Gasteiger partial charge in [-0.2, -0.15) is 0 Å². The Morgan fingerprint density at radius 3 is 2.52 bits per heavy atom. The average Bonchev–Trinajstić information content (AvgIpc) is 2.48. The van der Waals surface area contributed by atoms with E-state index in [1.807, 2.05) is 0 Å². The van der Waals surface area contributed by atoms with Crippen molar-refractivity contribution in [1.29, 1.82) is 0 Å². The largest absolute Gasteiger partial charge is 0.378 e. The summed E-state index contributed by atoms with van der Waals surface area (Å²) in [5.41, 5.74) is 1.90. The van der Waals surface area contributed by atoms with Crippen LogP contribution in [0.2, 0.25) is 0 Å². The first-order chi connectivity index (χ1) is 9.95. The summed E-state index contributed by atoms with van der Waals surface area (Å²) in [6.07, 6.45) is 0. The monoisotopic (exact) mass is 292 g/mol. The van der Waals surface area contributed by atoms with E-state index >= 15 is 0 Å². The number of piperazine rings is 1. The first kappa shape index (κ1) is 16.3. The SMILES string of the molecule is COCc1cc(C(C)C)nc(C(C)(C)N2CCNCC2)n1. The maximum atomic E-state index is 5.26. The van der Waals surface area contributed by atoms with E-state index in [0.717, 1.165) is 43.4 Å². The molecule has 21 heavy (non-hydrogen) atoms. The van der Waals surface area contributed by atoms with E-state index in [-0.39, 0.29) is 5.54 Å². The van der Waals surface area contributed by atoms with Gasteiger partial charge >= 0.3 is 0 Å². The maximum absolute atomic E-state index is 5.26. The minimum absolute atomic E-state index is 0.157. The lowest BCUT2D eigenvalue weighted by molar-refractivity contribution is 0.0935. The van der Waals surface area contributed by atoms with Gasteiger partial charge < -0.3 is 10.1 Å². The van der Waals surface area contributed by atoms with Gasteiger partial charge in [0.15, 0.2) is 0 Å². The van der Waals surface area contributed by atoms with Gasteiger partial charge in [-0.3, -0.25) is 4.90 Å². The molecule has 0 bridgehead atoms. The van der Waals surface area contributed by atoms with E-state index in [4.69, 9.17) is 14.7 Å². The Bertz CT molecular complexity index is 467. The molecule has 0 radical (unpaired) electrons. The van der Waals surface area contributed by atoms with Crippen molar-refractivity contribution in [1.82, 2.24) is 20.2 Å². The van der Waals surface area contributed by atoms with Crippen LogP contribution in [0.1, 0.15) is 50.8 Å². The summed E-state index contributed by atoms with van der Waals surface area (Å²) >= 11 is 0. The Balaban J connectivity index is 2.35. The van der Waals surface area contributed by atoms with Gasteiger partial charge in [0.25, 0.3) is 0 Å². The highest BCUT2D eigenvalue weighted by molar-refractivity contribution is 5.17. The molecule has 1 aliphatic heterocycles. The van der Waals surface area contributed by atoms with E-state index in [1.165, 1.54) is 0 Å². The molecule has 5 nitrogen and oxygen atoms in total. The summed E-state index contributed by atoms with van der Waals surface area (Å²) in [6, 6.07) is 2.06. The van der Waals surface area contributed by atoms with Crippen LogP contribution >= 0.6 is 0 Å². The van der Waals surface area contributed by atoms with Crippen molar-refractivity contribution in [3.05, 3.63) is 23.3 Å². The van der Waals surface area contributed by atoms with Gasteiger partial charge in [-0.25, -0.2) is 9.97 Å². The standard InChI is InChI=1S/C16H28N4O/c1-12(2)14-10-13(11-21-5)18-15(19-14)16(3,4)20-8-6-17-7-9-20/h10,12,17H,6-9,11H2,1-5H3. The zero-order chi connectivity index (χ0) is 15.5. The van der Waals surface area contributed by atoms with Gasteiger partial charge in [0.05, 0.1) is 17.8 Å². The smallest absolute Gasteiger partial charge is 0.148 e. The van der Waals surface area contributed by atoms with Gasteiger partial charge in [0.2, 0.25) is 0 Å². The highest BCUT2D eigenvalue weighted by atomic mass is 16.5. The number of hydrogen-bond donors (Lipinski definition) is 1. The first-order valence-electron chi connectivity index (χ1n) is 7.78. The number of ether oxygens (including phenoxy) is 1. The summed E-state index contributed by atoms with van der Waals surface area (Å²) in [5.74, 6) is 1.30. The molecule has 2 heterocycles. The molecule has 0 atom stereocenters. The van der Waals surface area contributed by atoms with Crippen LogP contribution in [0.4, 0.5) is 0 Å². The van der Waals surface area contributed by atoms with Crippen LogP contribution in [0.5, 0.6) is 0 Å². The third-order valence-electron chi connectivity index (χ3n) is 4.14. The number of methoxy groups -OCH3 is 1. The van der Waals surface area contributed by atoms with Crippen molar-refractivity contribution in [3.8, 4) is 0 Å². The van der Waals surface area contributed by atoms with E-state index in [2.05, 4.69) is 44.0 Å². The number of hydrogen-bond acceptors (Lipinski definition) is 5. The molecular formula is C16H28N4O. The molecule has 1 aromatic heterocycles. The molecule has 1 saturated heterocycles. The lowest BCUT2D eigenvalue weighted by atomic mass is 9.99. The van der Waals surface area contributed by atoms with Gasteiger partial charge in [-0.15, -0.1) is 0 Å². The normalized spacial score (nSPS) is 17.4. The zero-order valence-corrected chi connectivity index (χ0v) is 13.9. The first-order valence-corrected chi connectivity index (χ1v) is 7.78. The molecule has 1 aromatic rings. The van der Waals surface area contributed by atoms with E-state index in [9.17, 15) is 0 Å². The lowest BCUT2D eigenvalue weighted by Gasteiger charge is -2.40. The highest BCUT2D eigenvalue weighted by Crippen LogP contribution is 2.27. The Kier molecular flexibility index (Phi) is 5.30. The van der Waals surface area contributed by atoms with Crippen molar-refractivity contribution in [3.63, 3.8) is 0 Å². The second kappa shape index (κ2) is 6.81. The average molecular weight is 292 g/mol. The lowest BCUT2D eigenvalue weighted by Crippen LogP contribution is -2.52. The van der Waals surface area contributed by atoms with E-state index in [1.54, 1.807) is 7.11 Å². The van der Waals surface area contributed by atoms with E-state index in [0.29, 0.717) is 12.5 Å². The quantitative estimate of drug-likeness (QED) is 0.898. The fourth-order valence-corrected chi connectivity index (χ4v) is 2.68. The molecule has 1 N–H and O–H groups in total. The highest BCUT2D eigenvalue weighted by Gasteiger charge is 2.33. The van der Waals surface area contributed by atoms with E-state index < -0.39 is 0 Å². The summed E-state index contributed by atoms with van der Waals surface area (Å²) in [6.45, 7) is 13.4. The van der Waals surface area contributed by atoms with Crippen molar-refractivity contribution < 1.29 is 4.74 Å². The minimum atomic E-state index is -0.157. The van der Waals surface area contributed by atoms with Crippen LogP contribution in [0, 0.1) is 0 Å². The van der Waals surface area contributed by atoms with Crippen LogP contribution in [0.25, 0.3) is 0 Å². The molecular weight excluding hydrogens is 264 g/mol. The Morgan fingerprint density at radius 1 is 1.29 bits per heavy atom. The number of nitrogens with zero attached hydrogens (tertiary/aromatic N) is 3. The van der Waals surface area contributed by atoms with Crippen LogP contribution in [-0.4, -0.2) is 48.2 Å². The molecule has 2 rings (SSSR count). The molecule has 0 aromatic carbocycles. The molecule has 0 spiro atoms. The molecule has 0 aliphatic carbocycles. The second-order valence-corrected chi connectivity index (χ2v) is 6.49. The van der Waals surface area contributed by atoms with Gasteiger partial charge in [-0.1, -0.05) is 13.8 Å². The van der Waals surface area contributed by atoms with Crippen molar-refractivity contribution in [2.45, 2.75) is 45.8 Å². The number of aromatic nitrogens is 2. The predicted molar refractivity (Wildman–Crippen MR) is 84.3 cm³/mol. The minimum Gasteiger partial charge on any atom is -0.378 e. The summed E-state index contributed by atoms with van der Waals surface area (Å²) < 4.78 is 5.26.